The van der Waals surface area contributed by atoms with Gasteiger partial charge in [0, 0.05) is 49.3 Å². The maximum atomic E-state index is 12.9. The Morgan fingerprint density at radius 3 is 2.52 bits per heavy atom. The Morgan fingerprint density at radius 2 is 1.73 bits per heavy atom. The first kappa shape index (κ1) is 27.7. The van der Waals surface area contributed by atoms with Crippen LogP contribution in [0.2, 0.25) is 0 Å². The molecule has 2 fully saturated rings. The minimum atomic E-state index is -0.662. The van der Waals surface area contributed by atoms with Crippen LogP contribution in [-0.4, -0.2) is 57.6 Å². The largest absolute Gasteiger partial charge is 0.355 e. The van der Waals surface area contributed by atoms with E-state index in [0.29, 0.717) is 24.1 Å². The van der Waals surface area contributed by atoms with Crippen LogP contribution in [0, 0.1) is 5.92 Å². The summed E-state index contributed by atoms with van der Waals surface area (Å²) in [6.07, 6.45) is 6.37. The molecule has 44 heavy (non-hydrogen) atoms. The Bertz CT molecular complexity index is 1780. The van der Waals surface area contributed by atoms with Crippen LogP contribution in [0.15, 0.2) is 73.1 Å². The number of piperidine rings is 2. The van der Waals surface area contributed by atoms with Crippen molar-refractivity contribution in [1.82, 2.24) is 20.2 Å². The highest BCUT2D eigenvalue weighted by Crippen LogP contribution is 2.31. The van der Waals surface area contributed by atoms with Crippen molar-refractivity contribution in [2.24, 2.45) is 5.92 Å². The number of hydrogen-bond acceptors (Lipinski definition) is 7. The molecule has 7 rings (SSSR count). The molecule has 3 aliphatic rings. The van der Waals surface area contributed by atoms with Gasteiger partial charge in [0.2, 0.25) is 17.7 Å². The zero-order chi connectivity index (χ0) is 30.2. The summed E-state index contributed by atoms with van der Waals surface area (Å²) >= 11 is 0. The fourth-order valence-electron chi connectivity index (χ4n) is 6.56. The van der Waals surface area contributed by atoms with Crippen molar-refractivity contribution >= 4 is 45.9 Å². The van der Waals surface area contributed by atoms with Crippen molar-refractivity contribution in [3.05, 3.63) is 84.2 Å². The molecule has 10 heteroatoms. The average molecular weight is 589 g/mol. The molecule has 1 unspecified atom stereocenters. The maximum absolute atomic E-state index is 12.9. The molecule has 2 N–H and O–H groups in total. The highest BCUT2D eigenvalue weighted by Gasteiger charge is 2.39. The Hall–Kier alpha value is -5.12. The van der Waals surface area contributed by atoms with E-state index in [9.17, 15) is 19.2 Å². The zero-order valence-electron chi connectivity index (χ0n) is 24.2. The Labute approximate surface area is 254 Å². The minimum absolute atomic E-state index is 0.0611. The van der Waals surface area contributed by atoms with Gasteiger partial charge in [0.05, 0.1) is 18.1 Å². The first-order valence-corrected chi connectivity index (χ1v) is 15.1. The molecule has 0 aliphatic carbocycles. The van der Waals surface area contributed by atoms with E-state index in [1.807, 2.05) is 30.6 Å². The lowest BCUT2D eigenvalue weighted by atomic mass is 9.93. The van der Waals surface area contributed by atoms with Crippen molar-refractivity contribution in [3.63, 3.8) is 0 Å². The fraction of sp³-hybridized carbons (Fsp3) is 0.294. The van der Waals surface area contributed by atoms with Crippen molar-refractivity contribution in [3.8, 4) is 11.3 Å². The number of benzene rings is 3. The number of fused-ring (bicyclic) bond motifs is 2. The summed E-state index contributed by atoms with van der Waals surface area (Å²) in [5.74, 6) is 0.0586. The topological polar surface area (TPSA) is 125 Å². The van der Waals surface area contributed by atoms with Gasteiger partial charge in [0.15, 0.2) is 0 Å². The lowest BCUT2D eigenvalue weighted by molar-refractivity contribution is -0.137. The number of nitrogens with one attached hydrogen (secondary N) is 2. The van der Waals surface area contributed by atoms with E-state index in [0.717, 1.165) is 54.0 Å². The number of aromatic nitrogens is 2. The third kappa shape index (κ3) is 5.39. The van der Waals surface area contributed by atoms with Gasteiger partial charge in [-0.15, -0.1) is 0 Å². The van der Waals surface area contributed by atoms with Crippen molar-refractivity contribution in [2.45, 2.75) is 44.7 Å². The summed E-state index contributed by atoms with van der Waals surface area (Å²) in [5, 5.41) is 7.63. The molecule has 0 radical (unpaired) electrons. The molecule has 3 aliphatic heterocycles. The Morgan fingerprint density at radius 1 is 0.909 bits per heavy atom. The quantitative estimate of drug-likeness (QED) is 0.322. The second-order valence-electron chi connectivity index (χ2n) is 11.7. The van der Waals surface area contributed by atoms with E-state index in [2.05, 4.69) is 39.8 Å². The summed E-state index contributed by atoms with van der Waals surface area (Å²) in [7, 11) is 0. The van der Waals surface area contributed by atoms with Gasteiger partial charge in [-0.1, -0.05) is 42.5 Å². The monoisotopic (exact) mass is 588 g/mol. The molecule has 4 aromatic rings. The number of anilines is 2. The van der Waals surface area contributed by atoms with Crippen molar-refractivity contribution < 1.29 is 19.2 Å². The summed E-state index contributed by atoms with van der Waals surface area (Å²) in [6.45, 7) is 1.88. The summed E-state index contributed by atoms with van der Waals surface area (Å²) in [4.78, 5) is 62.9. The maximum Gasteiger partial charge on any atom is 0.255 e. The number of imide groups is 1. The molecule has 1 aromatic heterocycles. The predicted molar refractivity (Wildman–Crippen MR) is 166 cm³/mol. The van der Waals surface area contributed by atoms with E-state index in [-0.39, 0.29) is 36.6 Å². The van der Waals surface area contributed by atoms with Crippen molar-refractivity contribution in [2.75, 3.05) is 23.3 Å². The van der Waals surface area contributed by atoms with Crippen LogP contribution in [0.5, 0.6) is 0 Å². The highest BCUT2D eigenvalue weighted by atomic mass is 16.2. The minimum Gasteiger partial charge on any atom is -0.355 e. The van der Waals surface area contributed by atoms with Crippen LogP contribution in [0.3, 0.4) is 0 Å². The van der Waals surface area contributed by atoms with Crippen molar-refractivity contribution in [1.29, 1.82) is 0 Å². The molecular formula is C34H32N6O4. The third-order valence-corrected chi connectivity index (χ3v) is 8.92. The molecule has 1 atom stereocenters. The smallest absolute Gasteiger partial charge is 0.255 e. The summed E-state index contributed by atoms with van der Waals surface area (Å²) in [5.41, 5.74) is 3.82. The van der Waals surface area contributed by atoms with Crippen LogP contribution in [0.25, 0.3) is 22.0 Å². The van der Waals surface area contributed by atoms with Crippen LogP contribution in [-0.2, 0) is 20.9 Å². The first-order valence-electron chi connectivity index (χ1n) is 15.1. The van der Waals surface area contributed by atoms with Crippen LogP contribution >= 0.6 is 0 Å². The Kier molecular flexibility index (Phi) is 7.25. The molecule has 10 nitrogen and oxygen atoms in total. The first-order chi connectivity index (χ1) is 21.4. The van der Waals surface area contributed by atoms with Crippen LogP contribution in [0.1, 0.15) is 48.0 Å². The molecule has 2 saturated heterocycles. The molecule has 4 heterocycles. The molecule has 0 spiro atoms. The molecule has 0 saturated carbocycles. The van der Waals surface area contributed by atoms with Gasteiger partial charge in [0.25, 0.3) is 5.91 Å². The number of hydrogen-bond donors (Lipinski definition) is 2. The van der Waals surface area contributed by atoms with Crippen LogP contribution < -0.4 is 15.5 Å². The fourth-order valence-corrected chi connectivity index (χ4v) is 6.56. The second kappa shape index (κ2) is 11.5. The normalized spacial score (nSPS) is 18.8. The SMILES string of the molecule is O=C1CCC(N2Cc3cc(NC(=O)CC4CCN(c5cnc(-c6cccc7ccccc67)cn5)CC4)ccc3C2=O)C(=O)N1. The van der Waals surface area contributed by atoms with E-state index in [1.165, 1.54) is 10.3 Å². The Balaban J connectivity index is 0.923. The van der Waals surface area contributed by atoms with E-state index in [1.54, 1.807) is 18.2 Å². The summed E-state index contributed by atoms with van der Waals surface area (Å²) < 4.78 is 0. The van der Waals surface area contributed by atoms with E-state index >= 15 is 0 Å². The average Bonchev–Trinajstić information content (AvgIpc) is 3.36. The number of carbonyl (C=O) groups excluding carboxylic acids is 4. The molecule has 0 bridgehead atoms. The lowest BCUT2D eigenvalue weighted by Crippen LogP contribution is -2.52. The second-order valence-corrected chi connectivity index (χ2v) is 11.7. The molecule has 4 amide bonds. The van der Waals surface area contributed by atoms with Gasteiger partial charge in [-0.3, -0.25) is 29.5 Å². The van der Waals surface area contributed by atoms with Gasteiger partial charge in [-0.05, 0) is 59.7 Å². The third-order valence-electron chi connectivity index (χ3n) is 8.92. The number of rotatable bonds is 6. The van der Waals surface area contributed by atoms with E-state index in [4.69, 9.17) is 9.97 Å². The van der Waals surface area contributed by atoms with Gasteiger partial charge < -0.3 is 15.1 Å². The van der Waals surface area contributed by atoms with Gasteiger partial charge >= 0.3 is 0 Å². The predicted octanol–water partition coefficient (Wildman–Crippen LogP) is 4.30. The van der Waals surface area contributed by atoms with E-state index < -0.39 is 11.9 Å². The molecular weight excluding hydrogens is 556 g/mol. The molecule has 222 valence electrons. The summed E-state index contributed by atoms with van der Waals surface area (Å²) in [6, 6.07) is 19.0. The standard InChI is InChI=1S/C34H32N6O4/c41-31-11-10-29(33(43)38-31)40-20-23-17-24(8-9-26(23)34(40)44)37-32(42)16-21-12-14-39(15-13-21)30-19-35-28(18-36-30)27-7-3-5-22-4-1-2-6-25(22)27/h1-9,17-19,21,29H,10-16,20H2,(H,37,42)(H,38,41,43). The zero-order valence-corrected chi connectivity index (χ0v) is 24.2. The molecule has 3 aromatic carbocycles. The highest BCUT2D eigenvalue weighted by molar-refractivity contribution is 6.05. The number of carbonyl (C=O) groups is 4. The number of nitrogens with zero attached hydrogens (tertiary/aromatic N) is 4. The van der Waals surface area contributed by atoms with Gasteiger partial charge in [-0.2, -0.15) is 0 Å². The lowest BCUT2D eigenvalue weighted by Gasteiger charge is -2.32. The van der Waals surface area contributed by atoms with Crippen LogP contribution in [0.4, 0.5) is 11.5 Å². The van der Waals surface area contributed by atoms with Gasteiger partial charge in [0.1, 0.15) is 11.9 Å². The number of amides is 4. The van der Waals surface area contributed by atoms with Gasteiger partial charge in [-0.25, -0.2) is 4.98 Å².